The normalized spacial score (nSPS) is 10.2. The molecule has 0 saturated carbocycles. The van der Waals surface area contributed by atoms with Crippen LogP contribution in [0.2, 0.25) is 0 Å². The van der Waals surface area contributed by atoms with Gasteiger partial charge in [0.1, 0.15) is 5.76 Å². The molecule has 2 aromatic rings. The van der Waals surface area contributed by atoms with Gasteiger partial charge in [-0.25, -0.2) is 0 Å². The van der Waals surface area contributed by atoms with Crippen LogP contribution in [0.25, 0.3) is 0 Å². The first kappa shape index (κ1) is 13.8. The summed E-state index contributed by atoms with van der Waals surface area (Å²) in [5.74, 6) is 0.151. The lowest BCUT2D eigenvalue weighted by Crippen LogP contribution is -2.13. The lowest BCUT2D eigenvalue weighted by Gasteiger charge is -2.05. The maximum absolute atomic E-state index is 12.0. The highest BCUT2D eigenvalue weighted by Gasteiger charge is 2.16. The standard InChI is InChI=1S/C14H15N3O3/c1-8-9(2)20-17-13(8)14(19)16-12-6-4-11(5-7-12)15-10(3)18/h4-7H,1-3H3,(H,15,18)(H,16,19). The van der Waals surface area contributed by atoms with E-state index in [4.69, 9.17) is 4.52 Å². The first-order chi connectivity index (χ1) is 9.47. The van der Waals surface area contributed by atoms with E-state index >= 15 is 0 Å². The second-order valence-electron chi connectivity index (χ2n) is 4.43. The van der Waals surface area contributed by atoms with Gasteiger partial charge < -0.3 is 15.2 Å². The molecular weight excluding hydrogens is 258 g/mol. The van der Waals surface area contributed by atoms with Crippen LogP contribution in [0.4, 0.5) is 11.4 Å². The fourth-order valence-corrected chi connectivity index (χ4v) is 1.66. The van der Waals surface area contributed by atoms with Crippen molar-refractivity contribution in [1.82, 2.24) is 5.16 Å². The second-order valence-corrected chi connectivity index (χ2v) is 4.43. The molecule has 0 aliphatic carbocycles. The van der Waals surface area contributed by atoms with E-state index in [1.54, 1.807) is 38.1 Å². The zero-order chi connectivity index (χ0) is 14.7. The van der Waals surface area contributed by atoms with Crippen LogP contribution in [-0.4, -0.2) is 17.0 Å². The molecule has 2 N–H and O–H groups in total. The Bertz CT molecular complexity index is 644. The third kappa shape index (κ3) is 3.03. The van der Waals surface area contributed by atoms with Crippen molar-refractivity contribution in [1.29, 1.82) is 0 Å². The maximum atomic E-state index is 12.0. The predicted octanol–water partition coefficient (Wildman–Crippen LogP) is 2.50. The maximum Gasteiger partial charge on any atom is 0.278 e. The minimum absolute atomic E-state index is 0.143. The van der Waals surface area contributed by atoms with Crippen molar-refractivity contribution in [2.45, 2.75) is 20.8 Å². The lowest BCUT2D eigenvalue weighted by atomic mass is 10.2. The summed E-state index contributed by atoms with van der Waals surface area (Å²) in [5.41, 5.74) is 2.28. The average Bonchev–Trinajstić information content (AvgIpc) is 2.72. The first-order valence-electron chi connectivity index (χ1n) is 6.09. The Balaban J connectivity index is 2.08. The van der Waals surface area contributed by atoms with Gasteiger partial charge in [-0.1, -0.05) is 5.16 Å². The third-order valence-electron chi connectivity index (χ3n) is 2.84. The van der Waals surface area contributed by atoms with E-state index in [1.165, 1.54) is 6.92 Å². The van der Waals surface area contributed by atoms with E-state index in [2.05, 4.69) is 15.8 Å². The van der Waals surface area contributed by atoms with Gasteiger partial charge in [-0.15, -0.1) is 0 Å². The van der Waals surface area contributed by atoms with Gasteiger partial charge in [0, 0.05) is 23.9 Å². The van der Waals surface area contributed by atoms with Crippen LogP contribution in [0.15, 0.2) is 28.8 Å². The van der Waals surface area contributed by atoms with Crippen LogP contribution in [0.5, 0.6) is 0 Å². The molecule has 6 nitrogen and oxygen atoms in total. The van der Waals surface area contributed by atoms with E-state index in [0.29, 0.717) is 17.1 Å². The Hall–Kier alpha value is -2.63. The quantitative estimate of drug-likeness (QED) is 0.899. The fourth-order valence-electron chi connectivity index (χ4n) is 1.66. The van der Waals surface area contributed by atoms with Gasteiger partial charge in [-0.3, -0.25) is 9.59 Å². The topological polar surface area (TPSA) is 84.2 Å². The number of carbonyl (C=O) groups excluding carboxylic acids is 2. The number of rotatable bonds is 3. The number of benzene rings is 1. The van der Waals surface area contributed by atoms with Crippen LogP contribution in [0.1, 0.15) is 28.7 Å². The summed E-state index contributed by atoms with van der Waals surface area (Å²) in [6.45, 7) is 4.97. The number of nitrogens with one attached hydrogen (secondary N) is 2. The summed E-state index contributed by atoms with van der Waals surface area (Å²) < 4.78 is 4.96. The fraction of sp³-hybridized carbons (Fsp3) is 0.214. The molecule has 0 radical (unpaired) electrons. The molecular formula is C14H15N3O3. The Labute approximate surface area is 116 Å². The molecule has 20 heavy (non-hydrogen) atoms. The molecule has 1 aromatic heterocycles. The molecule has 2 rings (SSSR count). The second kappa shape index (κ2) is 5.56. The number of anilines is 2. The Morgan fingerprint density at radius 3 is 2.05 bits per heavy atom. The lowest BCUT2D eigenvalue weighted by molar-refractivity contribution is -0.114. The number of carbonyl (C=O) groups is 2. The average molecular weight is 273 g/mol. The molecule has 2 amide bonds. The van der Waals surface area contributed by atoms with Gasteiger partial charge in [0.2, 0.25) is 5.91 Å². The van der Waals surface area contributed by atoms with E-state index in [9.17, 15) is 9.59 Å². The monoisotopic (exact) mass is 273 g/mol. The number of aromatic nitrogens is 1. The molecule has 104 valence electrons. The van der Waals surface area contributed by atoms with Gasteiger partial charge in [-0.2, -0.15) is 0 Å². The summed E-state index contributed by atoms with van der Waals surface area (Å²) in [4.78, 5) is 22.9. The highest BCUT2D eigenvalue weighted by Crippen LogP contribution is 2.16. The van der Waals surface area contributed by atoms with Crippen molar-refractivity contribution < 1.29 is 14.1 Å². The van der Waals surface area contributed by atoms with Crippen LogP contribution >= 0.6 is 0 Å². The van der Waals surface area contributed by atoms with Crippen molar-refractivity contribution >= 4 is 23.2 Å². The number of amides is 2. The third-order valence-corrected chi connectivity index (χ3v) is 2.84. The van der Waals surface area contributed by atoms with Crippen LogP contribution in [-0.2, 0) is 4.79 Å². The van der Waals surface area contributed by atoms with E-state index in [0.717, 1.165) is 5.56 Å². The van der Waals surface area contributed by atoms with Crippen LogP contribution in [0, 0.1) is 13.8 Å². The van der Waals surface area contributed by atoms with Crippen molar-refractivity contribution in [3.05, 3.63) is 41.3 Å². The summed E-state index contributed by atoms with van der Waals surface area (Å²) in [7, 11) is 0. The first-order valence-corrected chi connectivity index (χ1v) is 6.09. The van der Waals surface area contributed by atoms with Crippen LogP contribution in [0.3, 0.4) is 0 Å². The summed E-state index contributed by atoms with van der Waals surface area (Å²) >= 11 is 0. The molecule has 0 aliphatic heterocycles. The zero-order valence-electron chi connectivity index (χ0n) is 11.5. The SMILES string of the molecule is CC(=O)Nc1ccc(NC(=O)c2noc(C)c2C)cc1. The molecule has 0 aliphatic rings. The number of hydrogen-bond donors (Lipinski definition) is 2. The van der Waals surface area contributed by atoms with Crippen molar-refractivity contribution in [2.75, 3.05) is 10.6 Å². The Morgan fingerprint density at radius 1 is 1.05 bits per heavy atom. The molecule has 0 bridgehead atoms. The molecule has 0 atom stereocenters. The number of hydrogen-bond acceptors (Lipinski definition) is 4. The zero-order valence-corrected chi connectivity index (χ0v) is 11.5. The van der Waals surface area contributed by atoms with Crippen molar-refractivity contribution in [2.24, 2.45) is 0 Å². The van der Waals surface area contributed by atoms with Gasteiger partial charge in [0.05, 0.1) is 0 Å². The van der Waals surface area contributed by atoms with E-state index in [-0.39, 0.29) is 17.5 Å². The van der Waals surface area contributed by atoms with E-state index < -0.39 is 0 Å². The molecule has 0 unspecified atom stereocenters. The van der Waals surface area contributed by atoms with Gasteiger partial charge in [-0.05, 0) is 38.1 Å². The molecule has 1 heterocycles. The minimum atomic E-state index is -0.327. The van der Waals surface area contributed by atoms with Crippen molar-refractivity contribution in [3.63, 3.8) is 0 Å². The smallest absolute Gasteiger partial charge is 0.278 e. The highest BCUT2D eigenvalue weighted by molar-refractivity contribution is 6.04. The largest absolute Gasteiger partial charge is 0.361 e. The van der Waals surface area contributed by atoms with Crippen molar-refractivity contribution in [3.8, 4) is 0 Å². The molecule has 0 spiro atoms. The number of aryl methyl sites for hydroxylation is 1. The van der Waals surface area contributed by atoms with Gasteiger partial charge in [0.25, 0.3) is 5.91 Å². The Kier molecular flexibility index (Phi) is 3.84. The summed E-state index contributed by atoms with van der Waals surface area (Å²) in [5, 5.41) is 9.09. The van der Waals surface area contributed by atoms with Gasteiger partial charge in [0.15, 0.2) is 5.69 Å². The van der Waals surface area contributed by atoms with Crippen LogP contribution < -0.4 is 10.6 Å². The predicted molar refractivity (Wildman–Crippen MR) is 74.7 cm³/mol. The van der Waals surface area contributed by atoms with Gasteiger partial charge >= 0.3 is 0 Å². The minimum Gasteiger partial charge on any atom is -0.361 e. The Morgan fingerprint density at radius 2 is 1.60 bits per heavy atom. The molecule has 6 heteroatoms. The molecule has 1 aromatic carbocycles. The van der Waals surface area contributed by atoms with E-state index in [1.807, 2.05) is 0 Å². The highest BCUT2D eigenvalue weighted by atomic mass is 16.5. The summed E-state index contributed by atoms with van der Waals surface area (Å²) in [6.07, 6.45) is 0. The molecule has 0 fully saturated rings. The number of nitrogens with zero attached hydrogens (tertiary/aromatic N) is 1. The molecule has 0 saturated heterocycles. The summed E-state index contributed by atoms with van der Waals surface area (Å²) in [6, 6.07) is 6.81.